The first-order valence-electron chi connectivity index (χ1n) is 10.7. The zero-order valence-corrected chi connectivity index (χ0v) is 19.6. The summed E-state index contributed by atoms with van der Waals surface area (Å²) in [6.45, 7) is 0. The number of hydrogen-bond donors (Lipinski definition) is 0. The summed E-state index contributed by atoms with van der Waals surface area (Å²) < 4.78 is 40.4. The van der Waals surface area contributed by atoms with Gasteiger partial charge in [-0.25, -0.2) is 0 Å². The minimum absolute atomic E-state index is 0.0698. The van der Waals surface area contributed by atoms with Crippen LogP contribution in [0.3, 0.4) is 0 Å². The van der Waals surface area contributed by atoms with E-state index in [4.69, 9.17) is 0 Å². The molecule has 2 aromatic heterocycles. The molecule has 178 valence electrons. The number of ketones is 1. The fourth-order valence-electron chi connectivity index (χ4n) is 3.40. The lowest BCUT2D eigenvalue weighted by Crippen LogP contribution is -2.09. The van der Waals surface area contributed by atoms with Crippen molar-refractivity contribution in [2.75, 3.05) is 5.75 Å². The lowest BCUT2D eigenvalue weighted by molar-refractivity contribution is -0.137. The number of carbonyl (C=O) groups excluding carboxylic acids is 1. The SMILES string of the molecule is Cn1c(SCC(=O)Cc2cccc(C(F)(F)F)c2)nnc1-c1cncc(/C=C/c2ccccc2)c1. The number of hydrogen-bond acceptors (Lipinski definition) is 5. The van der Waals surface area contributed by atoms with Crippen LogP contribution >= 0.6 is 11.8 Å². The molecule has 0 spiro atoms. The number of carbonyl (C=O) groups is 1. The molecule has 0 saturated carbocycles. The van der Waals surface area contributed by atoms with Crippen molar-refractivity contribution in [2.24, 2.45) is 7.05 Å². The third-order valence-electron chi connectivity index (χ3n) is 5.14. The van der Waals surface area contributed by atoms with Crippen LogP contribution in [0.25, 0.3) is 23.5 Å². The van der Waals surface area contributed by atoms with E-state index >= 15 is 0 Å². The molecule has 2 heterocycles. The van der Waals surface area contributed by atoms with Gasteiger partial charge in [-0.2, -0.15) is 13.2 Å². The average molecular weight is 495 g/mol. The molecule has 4 rings (SSSR count). The Morgan fingerprint density at radius 3 is 2.51 bits per heavy atom. The molecule has 0 atom stereocenters. The van der Waals surface area contributed by atoms with Gasteiger partial charge in [-0.15, -0.1) is 10.2 Å². The van der Waals surface area contributed by atoms with Gasteiger partial charge in [0.1, 0.15) is 5.78 Å². The van der Waals surface area contributed by atoms with Crippen molar-refractivity contribution in [3.8, 4) is 11.4 Å². The Morgan fingerprint density at radius 2 is 1.74 bits per heavy atom. The van der Waals surface area contributed by atoms with Crippen molar-refractivity contribution in [1.29, 1.82) is 0 Å². The van der Waals surface area contributed by atoms with Crippen LogP contribution < -0.4 is 0 Å². The number of Topliss-reactive ketones (excluding diaryl/α,β-unsaturated/α-hetero) is 1. The van der Waals surface area contributed by atoms with E-state index in [9.17, 15) is 18.0 Å². The molecule has 4 aromatic rings. The van der Waals surface area contributed by atoms with Gasteiger partial charge in [0, 0.05) is 31.4 Å². The van der Waals surface area contributed by atoms with Gasteiger partial charge in [0.25, 0.3) is 0 Å². The van der Waals surface area contributed by atoms with E-state index in [1.54, 1.807) is 24.0 Å². The third kappa shape index (κ3) is 6.45. The molecular formula is C26H21F3N4OS. The molecule has 2 aromatic carbocycles. The van der Waals surface area contributed by atoms with Crippen LogP contribution in [0.5, 0.6) is 0 Å². The standard InChI is InChI=1S/C26H21F3N4OS/c1-33-24(21-12-20(15-30-16-21)11-10-18-6-3-2-4-7-18)31-32-25(33)35-17-23(34)14-19-8-5-9-22(13-19)26(27,28)29/h2-13,15-16H,14,17H2,1H3/b11-10+. The Morgan fingerprint density at radius 1 is 0.971 bits per heavy atom. The zero-order chi connectivity index (χ0) is 24.8. The Kier molecular flexibility index (Phi) is 7.45. The number of alkyl halides is 3. The monoisotopic (exact) mass is 494 g/mol. The van der Waals surface area contributed by atoms with Gasteiger partial charge in [-0.3, -0.25) is 9.78 Å². The molecule has 0 aliphatic heterocycles. The van der Waals surface area contributed by atoms with Crippen LogP contribution in [-0.4, -0.2) is 31.3 Å². The molecular weight excluding hydrogens is 473 g/mol. The van der Waals surface area contributed by atoms with Crippen molar-refractivity contribution in [2.45, 2.75) is 17.8 Å². The highest BCUT2D eigenvalue weighted by Crippen LogP contribution is 2.30. The second kappa shape index (κ2) is 10.7. The molecule has 0 aliphatic carbocycles. The summed E-state index contributed by atoms with van der Waals surface area (Å²) >= 11 is 1.19. The minimum Gasteiger partial charge on any atom is -0.305 e. The largest absolute Gasteiger partial charge is 0.416 e. The molecule has 0 N–H and O–H groups in total. The highest BCUT2D eigenvalue weighted by atomic mass is 32.2. The molecule has 9 heteroatoms. The maximum atomic E-state index is 12.9. The third-order valence-corrected chi connectivity index (χ3v) is 6.22. The number of rotatable bonds is 8. The normalized spacial score (nSPS) is 11.8. The minimum atomic E-state index is -4.44. The second-order valence-corrected chi connectivity index (χ2v) is 8.76. The Bertz CT molecular complexity index is 1350. The molecule has 0 saturated heterocycles. The van der Waals surface area contributed by atoms with Crippen molar-refractivity contribution < 1.29 is 18.0 Å². The number of aromatic nitrogens is 4. The Balaban J connectivity index is 1.41. The van der Waals surface area contributed by atoms with E-state index < -0.39 is 11.7 Å². The zero-order valence-electron chi connectivity index (χ0n) is 18.7. The number of halogens is 3. The van der Waals surface area contributed by atoms with Gasteiger partial charge in [0.05, 0.1) is 11.3 Å². The number of nitrogens with zero attached hydrogens (tertiary/aromatic N) is 4. The summed E-state index contributed by atoms with van der Waals surface area (Å²) in [6.07, 6.45) is 2.88. The summed E-state index contributed by atoms with van der Waals surface area (Å²) in [5, 5.41) is 8.94. The van der Waals surface area contributed by atoms with Gasteiger partial charge in [0.2, 0.25) is 0 Å². The number of pyridine rings is 1. The van der Waals surface area contributed by atoms with Crippen molar-refractivity contribution in [3.63, 3.8) is 0 Å². The molecule has 0 fully saturated rings. The van der Waals surface area contributed by atoms with E-state index in [-0.39, 0.29) is 18.0 Å². The number of benzene rings is 2. The fraction of sp³-hybridized carbons (Fsp3) is 0.154. The Labute approximate surface area is 204 Å². The number of thioether (sulfide) groups is 1. The summed E-state index contributed by atoms with van der Waals surface area (Å²) in [6, 6.07) is 16.7. The highest BCUT2D eigenvalue weighted by Gasteiger charge is 2.30. The predicted molar refractivity (Wildman–Crippen MR) is 130 cm³/mol. The molecule has 0 unspecified atom stereocenters. The van der Waals surface area contributed by atoms with Crippen molar-refractivity contribution in [3.05, 3.63) is 95.3 Å². The van der Waals surface area contributed by atoms with Gasteiger partial charge in [-0.1, -0.05) is 72.4 Å². The lowest BCUT2D eigenvalue weighted by Gasteiger charge is -2.08. The van der Waals surface area contributed by atoms with Crippen LogP contribution in [0.2, 0.25) is 0 Å². The van der Waals surface area contributed by atoms with Crippen molar-refractivity contribution in [1.82, 2.24) is 19.7 Å². The van der Waals surface area contributed by atoms with Crippen LogP contribution in [0, 0.1) is 0 Å². The molecule has 5 nitrogen and oxygen atoms in total. The van der Waals surface area contributed by atoms with Gasteiger partial charge in [-0.05, 0) is 28.8 Å². The molecule has 0 bridgehead atoms. The van der Waals surface area contributed by atoms with Crippen LogP contribution in [-0.2, 0) is 24.4 Å². The van der Waals surface area contributed by atoms with Crippen LogP contribution in [0.4, 0.5) is 13.2 Å². The van der Waals surface area contributed by atoms with Gasteiger partial charge < -0.3 is 4.57 Å². The first kappa shape index (κ1) is 24.4. The smallest absolute Gasteiger partial charge is 0.305 e. The summed E-state index contributed by atoms with van der Waals surface area (Å²) in [4.78, 5) is 16.7. The molecule has 0 amide bonds. The van der Waals surface area contributed by atoms with Gasteiger partial charge >= 0.3 is 6.18 Å². The first-order chi connectivity index (χ1) is 16.8. The Hall–Kier alpha value is -3.72. The lowest BCUT2D eigenvalue weighted by atomic mass is 10.1. The fourth-order valence-corrected chi connectivity index (χ4v) is 4.17. The van der Waals surface area contributed by atoms with E-state index in [2.05, 4.69) is 15.2 Å². The average Bonchev–Trinajstić information content (AvgIpc) is 3.22. The van der Waals surface area contributed by atoms with Crippen LogP contribution in [0.15, 0.2) is 78.2 Å². The van der Waals surface area contributed by atoms with E-state index in [0.717, 1.165) is 28.8 Å². The van der Waals surface area contributed by atoms with E-state index in [1.165, 1.54) is 23.9 Å². The maximum absolute atomic E-state index is 12.9. The van der Waals surface area contributed by atoms with Gasteiger partial charge in [0.15, 0.2) is 11.0 Å². The topological polar surface area (TPSA) is 60.7 Å². The summed E-state index contributed by atoms with van der Waals surface area (Å²) in [5.74, 6) is 0.467. The molecule has 0 radical (unpaired) electrons. The first-order valence-corrected chi connectivity index (χ1v) is 11.7. The maximum Gasteiger partial charge on any atom is 0.416 e. The quantitative estimate of drug-likeness (QED) is 0.283. The molecule has 35 heavy (non-hydrogen) atoms. The molecule has 0 aliphatic rings. The summed E-state index contributed by atoms with van der Waals surface area (Å²) in [5.41, 5.74) is 2.32. The van der Waals surface area contributed by atoms with E-state index in [0.29, 0.717) is 16.5 Å². The highest BCUT2D eigenvalue weighted by molar-refractivity contribution is 7.99. The summed E-state index contributed by atoms with van der Waals surface area (Å²) in [7, 11) is 1.79. The van der Waals surface area contributed by atoms with Crippen molar-refractivity contribution >= 4 is 29.7 Å². The van der Waals surface area contributed by atoms with E-state index in [1.807, 2.05) is 48.6 Å². The van der Waals surface area contributed by atoms with Crippen LogP contribution in [0.1, 0.15) is 22.3 Å². The second-order valence-electron chi connectivity index (χ2n) is 7.82. The predicted octanol–water partition coefficient (Wildman–Crippen LogP) is 5.97.